The fourth-order valence-corrected chi connectivity index (χ4v) is 5.29. The molecule has 2 fully saturated rings. The molecule has 2 atom stereocenters. The highest BCUT2D eigenvalue weighted by Crippen LogP contribution is 2.36. The first-order chi connectivity index (χ1) is 11.7. The predicted molar refractivity (Wildman–Crippen MR) is 95.9 cm³/mol. The maximum atomic E-state index is 12.8. The Morgan fingerprint density at radius 1 is 1.38 bits per heavy atom. The van der Waals surface area contributed by atoms with Gasteiger partial charge < -0.3 is 10.1 Å². The van der Waals surface area contributed by atoms with Crippen LogP contribution in [0, 0.1) is 0 Å². The average Bonchev–Trinajstić information content (AvgIpc) is 3.13. The smallest absolute Gasteiger partial charge is 0.271 e. The van der Waals surface area contributed by atoms with Crippen LogP contribution < -0.4 is 10.1 Å². The highest BCUT2D eigenvalue weighted by molar-refractivity contribution is 7.14. The number of ether oxygens (including phenoxy) is 1. The van der Waals surface area contributed by atoms with Crippen molar-refractivity contribution in [2.75, 3.05) is 13.7 Å². The summed E-state index contributed by atoms with van der Waals surface area (Å²) in [7, 11) is 1.64. The summed E-state index contributed by atoms with van der Waals surface area (Å²) in [4.78, 5) is 15.4. The normalized spacial score (nSPS) is 26.7. The van der Waals surface area contributed by atoms with Gasteiger partial charge in [-0.2, -0.15) is 4.37 Å². The number of carbonyl (C=O) groups is 1. The fourth-order valence-electron chi connectivity index (χ4n) is 4.42. The molecule has 1 amide bonds. The minimum absolute atomic E-state index is 0.0520. The molecule has 1 aromatic heterocycles. The molecule has 0 aliphatic carbocycles. The summed E-state index contributed by atoms with van der Waals surface area (Å²) in [6.45, 7) is 3.35. The fraction of sp³-hybridized carbons (Fsp3) is 0.556. The minimum Gasteiger partial charge on any atom is -0.495 e. The number of benzene rings is 1. The molecule has 2 aromatic rings. The summed E-state index contributed by atoms with van der Waals surface area (Å²) in [5.41, 5.74) is 0.527. The lowest BCUT2D eigenvalue weighted by atomic mass is 9.97. The highest BCUT2D eigenvalue weighted by atomic mass is 32.1. The zero-order valence-corrected chi connectivity index (χ0v) is 14.9. The van der Waals surface area contributed by atoms with Crippen molar-refractivity contribution in [1.82, 2.24) is 14.6 Å². The molecule has 2 aliphatic rings. The van der Waals surface area contributed by atoms with Crippen LogP contribution in [0.1, 0.15) is 43.1 Å². The Labute approximate surface area is 146 Å². The first-order valence-corrected chi connectivity index (χ1v) is 9.47. The third kappa shape index (κ3) is 2.58. The second kappa shape index (κ2) is 6.33. The van der Waals surface area contributed by atoms with Crippen LogP contribution in [0.5, 0.6) is 5.75 Å². The van der Waals surface area contributed by atoms with Gasteiger partial charge in [0.05, 0.1) is 11.8 Å². The number of nitrogens with zero attached hydrogens (tertiary/aromatic N) is 2. The molecule has 0 saturated carbocycles. The number of carbonyl (C=O) groups excluding carboxylic acids is 1. The molecule has 1 N–H and O–H groups in total. The molecule has 5 nitrogen and oxygen atoms in total. The van der Waals surface area contributed by atoms with Gasteiger partial charge in [-0.3, -0.25) is 9.69 Å². The SMILES string of the molecule is CCN1C2CCC1CC(NC(=O)c1nsc3c(OC)cccc13)C2. The van der Waals surface area contributed by atoms with Crippen LogP contribution in [0.25, 0.3) is 10.1 Å². The topological polar surface area (TPSA) is 54.5 Å². The van der Waals surface area contributed by atoms with Crippen molar-refractivity contribution < 1.29 is 9.53 Å². The Balaban J connectivity index is 1.51. The van der Waals surface area contributed by atoms with E-state index in [2.05, 4.69) is 21.5 Å². The summed E-state index contributed by atoms with van der Waals surface area (Å²) in [6.07, 6.45) is 4.65. The number of amides is 1. The molecule has 24 heavy (non-hydrogen) atoms. The van der Waals surface area contributed by atoms with Crippen LogP contribution in [0.4, 0.5) is 0 Å². The molecular formula is C18H23N3O2S. The molecule has 2 bridgehead atoms. The Morgan fingerprint density at radius 2 is 2.12 bits per heavy atom. The summed E-state index contributed by atoms with van der Waals surface area (Å²) in [5.74, 6) is 0.724. The highest BCUT2D eigenvalue weighted by Gasteiger charge is 2.40. The van der Waals surface area contributed by atoms with Crippen LogP contribution in [-0.2, 0) is 0 Å². The molecule has 4 rings (SSSR count). The largest absolute Gasteiger partial charge is 0.495 e. The Bertz CT molecular complexity index is 746. The van der Waals surface area contributed by atoms with Gasteiger partial charge in [-0.25, -0.2) is 0 Å². The van der Waals surface area contributed by atoms with Gasteiger partial charge in [0.1, 0.15) is 11.4 Å². The first-order valence-electron chi connectivity index (χ1n) is 8.70. The molecule has 2 unspecified atom stereocenters. The van der Waals surface area contributed by atoms with Gasteiger partial charge >= 0.3 is 0 Å². The van der Waals surface area contributed by atoms with E-state index >= 15 is 0 Å². The molecular weight excluding hydrogens is 322 g/mol. The second-order valence-electron chi connectivity index (χ2n) is 6.73. The number of piperidine rings is 1. The lowest BCUT2D eigenvalue weighted by Gasteiger charge is -2.38. The summed E-state index contributed by atoms with van der Waals surface area (Å²) in [6, 6.07) is 7.28. The molecule has 6 heteroatoms. The van der Waals surface area contributed by atoms with E-state index < -0.39 is 0 Å². The molecule has 2 aliphatic heterocycles. The van der Waals surface area contributed by atoms with Crippen molar-refractivity contribution in [2.45, 2.75) is 50.7 Å². The molecule has 1 aromatic carbocycles. The number of aromatic nitrogens is 1. The van der Waals surface area contributed by atoms with Crippen molar-refractivity contribution in [3.63, 3.8) is 0 Å². The van der Waals surface area contributed by atoms with E-state index in [9.17, 15) is 4.79 Å². The van der Waals surface area contributed by atoms with E-state index in [1.807, 2.05) is 18.2 Å². The van der Waals surface area contributed by atoms with E-state index in [0.717, 1.165) is 35.2 Å². The summed E-state index contributed by atoms with van der Waals surface area (Å²) >= 11 is 1.33. The van der Waals surface area contributed by atoms with Crippen LogP contribution in [0.3, 0.4) is 0 Å². The minimum atomic E-state index is -0.0520. The van der Waals surface area contributed by atoms with Crippen molar-refractivity contribution in [2.24, 2.45) is 0 Å². The summed E-state index contributed by atoms with van der Waals surface area (Å²) < 4.78 is 10.7. The lowest BCUT2D eigenvalue weighted by Crippen LogP contribution is -2.50. The number of nitrogens with one attached hydrogen (secondary N) is 1. The molecule has 3 heterocycles. The number of fused-ring (bicyclic) bond motifs is 3. The molecule has 2 saturated heterocycles. The average molecular weight is 345 g/mol. The zero-order valence-electron chi connectivity index (χ0n) is 14.1. The van der Waals surface area contributed by atoms with E-state index in [1.165, 1.54) is 24.4 Å². The monoisotopic (exact) mass is 345 g/mol. The van der Waals surface area contributed by atoms with Gasteiger partial charge in [-0.1, -0.05) is 19.1 Å². The van der Waals surface area contributed by atoms with Crippen LogP contribution in [-0.4, -0.2) is 47.0 Å². The number of hydrogen-bond acceptors (Lipinski definition) is 5. The van der Waals surface area contributed by atoms with E-state index in [0.29, 0.717) is 17.8 Å². The second-order valence-corrected chi connectivity index (χ2v) is 7.50. The van der Waals surface area contributed by atoms with Gasteiger partial charge in [-0.05, 0) is 49.8 Å². The predicted octanol–water partition coefficient (Wildman–Crippen LogP) is 3.05. The summed E-state index contributed by atoms with van der Waals surface area (Å²) in [5, 5.41) is 4.11. The lowest BCUT2D eigenvalue weighted by molar-refractivity contribution is 0.0854. The van der Waals surface area contributed by atoms with Crippen molar-refractivity contribution in [1.29, 1.82) is 0 Å². The van der Waals surface area contributed by atoms with Gasteiger partial charge in [0.2, 0.25) is 0 Å². The Hall–Kier alpha value is -1.66. The maximum absolute atomic E-state index is 12.8. The van der Waals surface area contributed by atoms with Crippen LogP contribution in [0.15, 0.2) is 18.2 Å². The number of methoxy groups -OCH3 is 1. The van der Waals surface area contributed by atoms with E-state index in [1.54, 1.807) is 7.11 Å². The van der Waals surface area contributed by atoms with Gasteiger partial charge in [0.15, 0.2) is 0 Å². The van der Waals surface area contributed by atoms with Gasteiger partial charge in [-0.15, -0.1) is 0 Å². The third-order valence-electron chi connectivity index (χ3n) is 5.48. The van der Waals surface area contributed by atoms with E-state index in [4.69, 9.17) is 4.74 Å². The van der Waals surface area contributed by atoms with Gasteiger partial charge in [0, 0.05) is 23.5 Å². The number of rotatable bonds is 4. The Kier molecular flexibility index (Phi) is 4.18. The van der Waals surface area contributed by atoms with Crippen molar-refractivity contribution in [3.05, 3.63) is 23.9 Å². The van der Waals surface area contributed by atoms with Crippen molar-refractivity contribution >= 4 is 27.5 Å². The van der Waals surface area contributed by atoms with Crippen LogP contribution >= 0.6 is 11.5 Å². The first kappa shape index (κ1) is 15.8. The number of hydrogen-bond donors (Lipinski definition) is 1. The van der Waals surface area contributed by atoms with Crippen molar-refractivity contribution in [3.8, 4) is 5.75 Å². The molecule has 0 spiro atoms. The Morgan fingerprint density at radius 3 is 2.79 bits per heavy atom. The van der Waals surface area contributed by atoms with Crippen LogP contribution in [0.2, 0.25) is 0 Å². The zero-order chi connectivity index (χ0) is 16.7. The van der Waals surface area contributed by atoms with Gasteiger partial charge in [0.25, 0.3) is 5.91 Å². The quantitative estimate of drug-likeness (QED) is 0.925. The third-order valence-corrected chi connectivity index (χ3v) is 6.36. The van der Waals surface area contributed by atoms with E-state index in [-0.39, 0.29) is 11.9 Å². The standard InChI is InChI=1S/C18H23N3O2S/c1-3-21-12-7-8-13(21)10-11(9-12)19-18(22)16-14-5-4-6-15(23-2)17(14)24-20-16/h4-6,11-13H,3,7-10H2,1-2H3,(H,19,22). The maximum Gasteiger partial charge on any atom is 0.271 e. The molecule has 128 valence electrons. The molecule has 0 radical (unpaired) electrons.